The monoisotopic (exact) mass is 291 g/mol. The molecule has 5 nitrogen and oxygen atoms in total. The Morgan fingerprint density at radius 2 is 2.10 bits per heavy atom. The number of hydrogen-bond acceptors (Lipinski definition) is 3. The molecule has 1 aromatic carbocycles. The van der Waals surface area contributed by atoms with Gasteiger partial charge in [-0.05, 0) is 37.1 Å². The lowest BCUT2D eigenvalue weighted by atomic mass is 10.0. The number of nitrogens with zero attached hydrogens (tertiary/aromatic N) is 1. The van der Waals surface area contributed by atoms with E-state index in [0.29, 0.717) is 13.1 Å². The first kappa shape index (κ1) is 17.2. The van der Waals surface area contributed by atoms with Gasteiger partial charge in [0, 0.05) is 32.1 Å². The second-order valence-electron chi connectivity index (χ2n) is 5.40. The van der Waals surface area contributed by atoms with E-state index in [4.69, 9.17) is 5.73 Å². The lowest BCUT2D eigenvalue weighted by molar-refractivity contribution is -0.128. The molecule has 0 heterocycles. The highest BCUT2D eigenvalue weighted by atomic mass is 16.2. The van der Waals surface area contributed by atoms with Gasteiger partial charge in [0.25, 0.3) is 0 Å². The van der Waals surface area contributed by atoms with Gasteiger partial charge in [-0.15, -0.1) is 0 Å². The van der Waals surface area contributed by atoms with Crippen LogP contribution in [0.4, 0.5) is 5.69 Å². The summed E-state index contributed by atoms with van der Waals surface area (Å²) in [6.07, 6.45) is 1.63. The van der Waals surface area contributed by atoms with Gasteiger partial charge in [-0.1, -0.05) is 19.1 Å². The minimum atomic E-state index is -0.0582. The molecule has 2 amide bonds. The van der Waals surface area contributed by atoms with Crippen LogP contribution in [-0.4, -0.2) is 30.3 Å². The average molecular weight is 291 g/mol. The van der Waals surface area contributed by atoms with Crippen molar-refractivity contribution in [3.05, 3.63) is 29.8 Å². The molecule has 0 aliphatic heterocycles. The zero-order valence-corrected chi connectivity index (χ0v) is 13.1. The summed E-state index contributed by atoms with van der Waals surface area (Å²) < 4.78 is 0. The fourth-order valence-electron chi connectivity index (χ4n) is 1.95. The van der Waals surface area contributed by atoms with E-state index in [2.05, 4.69) is 5.32 Å². The maximum absolute atomic E-state index is 12.0. The Hall–Kier alpha value is -1.88. The number of amides is 2. The predicted molar refractivity (Wildman–Crippen MR) is 84.7 cm³/mol. The molecule has 0 aromatic heterocycles. The van der Waals surface area contributed by atoms with Crippen LogP contribution >= 0.6 is 0 Å². The van der Waals surface area contributed by atoms with E-state index in [0.717, 1.165) is 24.1 Å². The van der Waals surface area contributed by atoms with Gasteiger partial charge in [-0.2, -0.15) is 0 Å². The Morgan fingerprint density at radius 3 is 2.71 bits per heavy atom. The molecule has 0 bridgehead atoms. The minimum absolute atomic E-state index is 0.000484. The first-order chi connectivity index (χ1) is 9.93. The lowest BCUT2D eigenvalue weighted by Gasteiger charge is -2.16. The first-order valence-electron chi connectivity index (χ1n) is 7.25. The second-order valence-corrected chi connectivity index (χ2v) is 5.40. The smallest absolute Gasteiger partial charge is 0.227 e. The molecule has 0 aliphatic carbocycles. The predicted octanol–water partition coefficient (Wildman–Crippen LogP) is 1.98. The van der Waals surface area contributed by atoms with Crippen LogP contribution in [0.2, 0.25) is 0 Å². The number of carbonyl (C=O) groups excluding carboxylic acids is 2. The summed E-state index contributed by atoms with van der Waals surface area (Å²) in [4.78, 5) is 24.9. The Morgan fingerprint density at radius 1 is 1.38 bits per heavy atom. The van der Waals surface area contributed by atoms with E-state index in [-0.39, 0.29) is 17.7 Å². The van der Waals surface area contributed by atoms with Gasteiger partial charge in [-0.3, -0.25) is 9.59 Å². The lowest BCUT2D eigenvalue weighted by Crippen LogP contribution is -2.23. The molecule has 0 spiro atoms. The highest BCUT2D eigenvalue weighted by Crippen LogP contribution is 2.15. The Bertz CT molecular complexity index is 488. The summed E-state index contributed by atoms with van der Waals surface area (Å²) in [5, 5.41) is 2.91. The minimum Gasteiger partial charge on any atom is -0.342 e. The summed E-state index contributed by atoms with van der Waals surface area (Å²) in [6, 6.07) is 7.56. The molecule has 3 N–H and O–H groups in total. The third-order valence-corrected chi connectivity index (χ3v) is 3.44. The summed E-state index contributed by atoms with van der Waals surface area (Å²) in [5.74, 6) is -0.0440. The van der Waals surface area contributed by atoms with Crippen molar-refractivity contribution in [2.75, 3.05) is 18.9 Å². The van der Waals surface area contributed by atoms with Crippen LogP contribution in [-0.2, 0) is 16.1 Å². The summed E-state index contributed by atoms with van der Waals surface area (Å²) in [6.45, 7) is 4.56. The number of hydrogen-bond donors (Lipinski definition) is 2. The Balaban J connectivity index is 2.63. The zero-order chi connectivity index (χ0) is 15.8. The standard InChI is InChI=1S/C16H25N3O2/c1-12(6-5-9-17)16(21)18-15-8-4-7-14(10-15)11-19(3)13(2)20/h4,7-8,10,12H,5-6,9,11,17H2,1-3H3,(H,18,21). The number of rotatable bonds is 7. The number of carbonyl (C=O) groups is 2. The van der Waals surface area contributed by atoms with E-state index in [9.17, 15) is 9.59 Å². The van der Waals surface area contributed by atoms with Gasteiger partial charge < -0.3 is 16.0 Å². The van der Waals surface area contributed by atoms with Crippen molar-refractivity contribution in [2.24, 2.45) is 11.7 Å². The molecular formula is C16H25N3O2. The third-order valence-electron chi connectivity index (χ3n) is 3.44. The molecule has 0 radical (unpaired) electrons. The van der Waals surface area contributed by atoms with Crippen LogP contribution in [0.1, 0.15) is 32.3 Å². The maximum atomic E-state index is 12.0. The van der Waals surface area contributed by atoms with Crippen molar-refractivity contribution in [1.82, 2.24) is 4.90 Å². The van der Waals surface area contributed by atoms with Gasteiger partial charge in [0.2, 0.25) is 11.8 Å². The van der Waals surface area contributed by atoms with E-state index in [1.807, 2.05) is 31.2 Å². The molecule has 116 valence electrons. The first-order valence-corrected chi connectivity index (χ1v) is 7.25. The summed E-state index contributed by atoms with van der Waals surface area (Å²) in [5.41, 5.74) is 7.20. The maximum Gasteiger partial charge on any atom is 0.227 e. The Kier molecular flexibility index (Phi) is 6.88. The molecule has 0 saturated carbocycles. The highest BCUT2D eigenvalue weighted by molar-refractivity contribution is 5.92. The fourth-order valence-corrected chi connectivity index (χ4v) is 1.95. The van der Waals surface area contributed by atoms with Gasteiger partial charge in [0.05, 0.1) is 0 Å². The SMILES string of the molecule is CC(=O)N(C)Cc1cccc(NC(=O)C(C)CCCN)c1. The normalized spacial score (nSPS) is 11.8. The van der Waals surface area contributed by atoms with E-state index < -0.39 is 0 Å². The van der Waals surface area contributed by atoms with E-state index in [1.165, 1.54) is 6.92 Å². The van der Waals surface area contributed by atoms with Crippen LogP contribution in [0, 0.1) is 5.92 Å². The van der Waals surface area contributed by atoms with Crippen molar-refractivity contribution in [2.45, 2.75) is 33.2 Å². The second kappa shape index (κ2) is 8.42. The Labute approximate surface area is 126 Å². The molecular weight excluding hydrogens is 266 g/mol. The van der Waals surface area contributed by atoms with Crippen molar-refractivity contribution < 1.29 is 9.59 Å². The van der Waals surface area contributed by atoms with Crippen molar-refractivity contribution in [1.29, 1.82) is 0 Å². The zero-order valence-electron chi connectivity index (χ0n) is 13.1. The molecule has 1 unspecified atom stereocenters. The van der Waals surface area contributed by atoms with E-state index >= 15 is 0 Å². The molecule has 1 atom stereocenters. The van der Waals surface area contributed by atoms with Gasteiger partial charge in [0.15, 0.2) is 0 Å². The van der Waals surface area contributed by atoms with Crippen LogP contribution < -0.4 is 11.1 Å². The molecule has 0 fully saturated rings. The molecule has 1 aromatic rings. The van der Waals surface area contributed by atoms with Gasteiger partial charge in [-0.25, -0.2) is 0 Å². The van der Waals surface area contributed by atoms with E-state index in [1.54, 1.807) is 11.9 Å². The molecule has 1 rings (SSSR count). The average Bonchev–Trinajstić information content (AvgIpc) is 2.44. The van der Waals surface area contributed by atoms with Crippen LogP contribution in [0.5, 0.6) is 0 Å². The fraction of sp³-hybridized carbons (Fsp3) is 0.500. The number of anilines is 1. The number of nitrogens with two attached hydrogens (primary N) is 1. The third kappa shape index (κ3) is 5.95. The quantitative estimate of drug-likeness (QED) is 0.806. The topological polar surface area (TPSA) is 75.4 Å². The van der Waals surface area contributed by atoms with Crippen LogP contribution in [0.25, 0.3) is 0 Å². The summed E-state index contributed by atoms with van der Waals surface area (Å²) in [7, 11) is 1.75. The van der Waals surface area contributed by atoms with Crippen molar-refractivity contribution in [3.8, 4) is 0 Å². The highest BCUT2D eigenvalue weighted by Gasteiger charge is 2.12. The summed E-state index contributed by atoms with van der Waals surface area (Å²) >= 11 is 0. The number of benzene rings is 1. The van der Waals surface area contributed by atoms with Gasteiger partial charge >= 0.3 is 0 Å². The molecule has 5 heteroatoms. The van der Waals surface area contributed by atoms with Crippen LogP contribution in [0.15, 0.2) is 24.3 Å². The van der Waals surface area contributed by atoms with Crippen molar-refractivity contribution >= 4 is 17.5 Å². The molecule has 0 saturated heterocycles. The molecule has 0 aliphatic rings. The molecule has 21 heavy (non-hydrogen) atoms. The number of nitrogens with one attached hydrogen (secondary N) is 1. The van der Waals surface area contributed by atoms with Gasteiger partial charge in [0.1, 0.15) is 0 Å². The van der Waals surface area contributed by atoms with Crippen molar-refractivity contribution in [3.63, 3.8) is 0 Å². The van der Waals surface area contributed by atoms with Crippen LogP contribution in [0.3, 0.4) is 0 Å². The largest absolute Gasteiger partial charge is 0.342 e.